The van der Waals surface area contributed by atoms with E-state index in [1.54, 1.807) is 6.07 Å². The molecule has 5 heteroatoms. The molecular formula is C23H26FN3O. The minimum atomic E-state index is -0.191. The third-order valence-electron chi connectivity index (χ3n) is 6.55. The van der Waals surface area contributed by atoms with E-state index in [9.17, 15) is 9.18 Å². The Morgan fingerprint density at radius 2 is 1.68 bits per heavy atom. The monoisotopic (exact) mass is 379 g/mol. The van der Waals surface area contributed by atoms with Crippen molar-refractivity contribution < 1.29 is 9.18 Å². The van der Waals surface area contributed by atoms with Gasteiger partial charge in [0, 0.05) is 44.7 Å². The van der Waals surface area contributed by atoms with Crippen LogP contribution in [0, 0.1) is 5.82 Å². The van der Waals surface area contributed by atoms with Crippen molar-refractivity contribution in [2.45, 2.75) is 24.8 Å². The summed E-state index contributed by atoms with van der Waals surface area (Å²) in [7, 11) is 0. The van der Waals surface area contributed by atoms with Crippen LogP contribution in [0.3, 0.4) is 0 Å². The summed E-state index contributed by atoms with van der Waals surface area (Å²) in [5, 5.41) is 0. The SMILES string of the molecule is O=C(CN1Cc2ccccc2C2(CC2)C1)N1CCN(c2ccccc2F)CC1. The number of fused-ring (bicyclic) bond motifs is 2. The zero-order chi connectivity index (χ0) is 19.1. The van der Waals surface area contributed by atoms with Crippen LogP contribution in [0.2, 0.25) is 0 Å². The molecule has 1 spiro atoms. The zero-order valence-corrected chi connectivity index (χ0v) is 16.1. The lowest BCUT2D eigenvalue weighted by atomic mass is 9.87. The van der Waals surface area contributed by atoms with Crippen LogP contribution in [0.25, 0.3) is 0 Å². The fraction of sp³-hybridized carbons (Fsp3) is 0.435. The first kappa shape index (κ1) is 17.7. The van der Waals surface area contributed by atoms with E-state index < -0.39 is 0 Å². The molecule has 146 valence electrons. The van der Waals surface area contributed by atoms with Crippen LogP contribution in [-0.2, 0) is 16.8 Å². The molecule has 28 heavy (non-hydrogen) atoms. The van der Waals surface area contributed by atoms with Gasteiger partial charge in [0.1, 0.15) is 5.82 Å². The highest BCUT2D eigenvalue weighted by molar-refractivity contribution is 5.78. The maximum absolute atomic E-state index is 14.0. The number of para-hydroxylation sites is 1. The average molecular weight is 379 g/mol. The summed E-state index contributed by atoms with van der Waals surface area (Å²) in [5.41, 5.74) is 3.80. The van der Waals surface area contributed by atoms with E-state index in [4.69, 9.17) is 0 Å². The van der Waals surface area contributed by atoms with Crippen molar-refractivity contribution >= 4 is 11.6 Å². The largest absolute Gasteiger partial charge is 0.366 e. The Morgan fingerprint density at radius 3 is 2.43 bits per heavy atom. The Morgan fingerprint density at radius 1 is 0.964 bits per heavy atom. The molecule has 1 saturated heterocycles. The second kappa shape index (κ2) is 6.89. The summed E-state index contributed by atoms with van der Waals surface area (Å²) >= 11 is 0. The number of carbonyl (C=O) groups is 1. The summed E-state index contributed by atoms with van der Waals surface area (Å²) in [5.74, 6) is 0.00681. The fourth-order valence-corrected chi connectivity index (χ4v) is 4.87. The summed E-state index contributed by atoms with van der Waals surface area (Å²) in [6.45, 7) is 5.00. The molecular weight excluding hydrogens is 353 g/mol. The van der Waals surface area contributed by atoms with E-state index in [0.29, 0.717) is 43.8 Å². The minimum absolute atomic E-state index is 0.191. The van der Waals surface area contributed by atoms with Gasteiger partial charge in [-0.15, -0.1) is 0 Å². The van der Waals surface area contributed by atoms with Gasteiger partial charge in [0.05, 0.1) is 12.2 Å². The van der Waals surface area contributed by atoms with Gasteiger partial charge in [-0.3, -0.25) is 9.69 Å². The van der Waals surface area contributed by atoms with E-state index in [-0.39, 0.29) is 11.7 Å². The number of piperazine rings is 1. The van der Waals surface area contributed by atoms with Crippen molar-refractivity contribution in [3.8, 4) is 0 Å². The molecule has 1 saturated carbocycles. The number of halogens is 1. The molecule has 0 unspecified atom stereocenters. The van der Waals surface area contributed by atoms with Crippen molar-refractivity contribution in [2.75, 3.05) is 44.2 Å². The highest BCUT2D eigenvalue weighted by Gasteiger charge is 2.49. The molecule has 2 heterocycles. The zero-order valence-electron chi connectivity index (χ0n) is 16.1. The molecule has 3 aliphatic rings. The molecule has 0 aromatic heterocycles. The number of amides is 1. The predicted octanol–water partition coefficient (Wildman–Crippen LogP) is 3.02. The van der Waals surface area contributed by atoms with E-state index >= 15 is 0 Å². The van der Waals surface area contributed by atoms with Gasteiger partial charge < -0.3 is 9.80 Å². The molecule has 2 aliphatic heterocycles. The molecule has 5 rings (SSSR count). The number of rotatable bonds is 3. The second-order valence-electron chi connectivity index (χ2n) is 8.40. The highest BCUT2D eigenvalue weighted by Crippen LogP contribution is 2.52. The summed E-state index contributed by atoms with van der Waals surface area (Å²) in [6.07, 6.45) is 2.46. The third-order valence-corrected chi connectivity index (χ3v) is 6.55. The molecule has 2 aromatic carbocycles. The van der Waals surface area contributed by atoms with Gasteiger partial charge in [0.15, 0.2) is 0 Å². The van der Waals surface area contributed by atoms with E-state index in [2.05, 4.69) is 29.2 Å². The number of benzene rings is 2. The maximum atomic E-state index is 14.0. The Balaban J connectivity index is 1.20. The quantitative estimate of drug-likeness (QED) is 0.820. The third kappa shape index (κ3) is 3.18. The van der Waals surface area contributed by atoms with Crippen LogP contribution in [0.4, 0.5) is 10.1 Å². The predicted molar refractivity (Wildman–Crippen MR) is 108 cm³/mol. The molecule has 0 bridgehead atoms. The maximum Gasteiger partial charge on any atom is 0.236 e. The highest BCUT2D eigenvalue weighted by atomic mass is 19.1. The van der Waals surface area contributed by atoms with Gasteiger partial charge in [-0.1, -0.05) is 36.4 Å². The Labute approximate surface area is 165 Å². The van der Waals surface area contributed by atoms with E-state index in [1.807, 2.05) is 21.9 Å². The number of nitrogens with zero attached hydrogens (tertiary/aromatic N) is 3. The van der Waals surface area contributed by atoms with E-state index in [1.165, 1.54) is 30.0 Å². The molecule has 1 amide bonds. The number of carbonyl (C=O) groups excluding carboxylic acids is 1. The molecule has 0 atom stereocenters. The Hall–Kier alpha value is -2.40. The molecule has 2 aromatic rings. The van der Waals surface area contributed by atoms with Gasteiger partial charge in [-0.25, -0.2) is 4.39 Å². The van der Waals surface area contributed by atoms with Crippen molar-refractivity contribution in [1.29, 1.82) is 0 Å². The number of hydrogen-bond donors (Lipinski definition) is 0. The molecule has 0 N–H and O–H groups in total. The Bertz CT molecular complexity index is 887. The van der Waals surface area contributed by atoms with Crippen molar-refractivity contribution in [3.63, 3.8) is 0 Å². The van der Waals surface area contributed by atoms with Crippen molar-refractivity contribution in [3.05, 3.63) is 65.5 Å². The standard InChI is InChI=1S/C23H26FN3O/c24-20-7-3-4-8-21(20)26-11-13-27(14-12-26)22(28)16-25-15-18-5-1-2-6-19(18)23(17-25)9-10-23/h1-8H,9-17H2. The van der Waals surface area contributed by atoms with Gasteiger partial charge in [-0.05, 0) is 36.1 Å². The topological polar surface area (TPSA) is 26.8 Å². The first-order chi connectivity index (χ1) is 13.6. The molecule has 0 radical (unpaired) electrons. The van der Waals surface area contributed by atoms with Gasteiger partial charge in [0.25, 0.3) is 0 Å². The first-order valence-electron chi connectivity index (χ1n) is 10.2. The van der Waals surface area contributed by atoms with Crippen molar-refractivity contribution in [1.82, 2.24) is 9.80 Å². The molecule has 2 fully saturated rings. The lowest BCUT2D eigenvalue weighted by Crippen LogP contribution is -2.52. The smallest absolute Gasteiger partial charge is 0.236 e. The summed E-state index contributed by atoms with van der Waals surface area (Å²) in [6, 6.07) is 15.6. The van der Waals surface area contributed by atoms with Gasteiger partial charge in [-0.2, -0.15) is 0 Å². The van der Waals surface area contributed by atoms with Gasteiger partial charge in [0.2, 0.25) is 5.91 Å². The van der Waals surface area contributed by atoms with Crippen LogP contribution in [0.1, 0.15) is 24.0 Å². The van der Waals surface area contributed by atoms with Crippen molar-refractivity contribution in [2.24, 2.45) is 0 Å². The number of anilines is 1. The normalized spacial score (nSPS) is 20.9. The average Bonchev–Trinajstić information content (AvgIpc) is 3.48. The van der Waals surface area contributed by atoms with Crippen LogP contribution in [0.5, 0.6) is 0 Å². The summed E-state index contributed by atoms with van der Waals surface area (Å²) < 4.78 is 14.0. The number of hydrogen-bond acceptors (Lipinski definition) is 3. The minimum Gasteiger partial charge on any atom is -0.366 e. The summed E-state index contributed by atoms with van der Waals surface area (Å²) in [4.78, 5) is 19.2. The van der Waals surface area contributed by atoms with Crippen LogP contribution >= 0.6 is 0 Å². The van der Waals surface area contributed by atoms with E-state index in [0.717, 1.165) is 13.1 Å². The molecule has 4 nitrogen and oxygen atoms in total. The fourth-order valence-electron chi connectivity index (χ4n) is 4.87. The second-order valence-corrected chi connectivity index (χ2v) is 8.40. The lowest BCUT2D eigenvalue weighted by Gasteiger charge is -2.39. The van der Waals surface area contributed by atoms with Crippen LogP contribution < -0.4 is 4.90 Å². The van der Waals surface area contributed by atoms with Crippen LogP contribution in [-0.4, -0.2) is 55.0 Å². The van der Waals surface area contributed by atoms with Crippen LogP contribution in [0.15, 0.2) is 48.5 Å². The first-order valence-corrected chi connectivity index (χ1v) is 10.2. The van der Waals surface area contributed by atoms with Gasteiger partial charge >= 0.3 is 0 Å². The molecule has 1 aliphatic carbocycles. The Kier molecular flexibility index (Phi) is 4.35. The lowest BCUT2D eigenvalue weighted by molar-refractivity contribution is -0.133.